The quantitative estimate of drug-likeness (QED) is 0.565. The van der Waals surface area contributed by atoms with E-state index in [2.05, 4.69) is 21.2 Å². The summed E-state index contributed by atoms with van der Waals surface area (Å²) in [4.78, 5) is 35.7. The van der Waals surface area contributed by atoms with Crippen LogP contribution in [0.3, 0.4) is 0 Å². The number of rotatable bonds is 7. The van der Waals surface area contributed by atoms with Gasteiger partial charge in [-0.25, -0.2) is 0 Å². The van der Waals surface area contributed by atoms with Gasteiger partial charge in [-0.3, -0.25) is 14.4 Å². The average Bonchev–Trinajstić information content (AvgIpc) is 2.64. The molecular formula is C18H16BrNO5. The van der Waals surface area contributed by atoms with Crippen LogP contribution in [0.4, 0.5) is 0 Å². The second-order valence-corrected chi connectivity index (χ2v) is 5.89. The van der Waals surface area contributed by atoms with Crippen LogP contribution < -0.4 is 10.1 Å². The fourth-order valence-electron chi connectivity index (χ4n) is 2.02. The van der Waals surface area contributed by atoms with E-state index in [1.807, 2.05) is 0 Å². The van der Waals surface area contributed by atoms with E-state index in [0.29, 0.717) is 16.9 Å². The van der Waals surface area contributed by atoms with Gasteiger partial charge in [0.1, 0.15) is 12.3 Å². The van der Waals surface area contributed by atoms with Crippen LogP contribution in [0, 0.1) is 0 Å². The number of ether oxygens (including phenoxy) is 2. The Bertz CT molecular complexity index is 791. The number of esters is 1. The summed E-state index contributed by atoms with van der Waals surface area (Å²) in [5, 5.41) is 2.43. The van der Waals surface area contributed by atoms with Gasteiger partial charge < -0.3 is 14.8 Å². The van der Waals surface area contributed by atoms with Crippen molar-refractivity contribution in [1.29, 1.82) is 0 Å². The molecule has 1 amide bonds. The van der Waals surface area contributed by atoms with Crippen LogP contribution >= 0.6 is 15.9 Å². The molecule has 2 rings (SSSR count). The molecule has 2 aromatic carbocycles. The van der Waals surface area contributed by atoms with Gasteiger partial charge in [-0.15, -0.1) is 0 Å². The molecule has 0 spiro atoms. The first-order valence-corrected chi connectivity index (χ1v) is 8.16. The van der Waals surface area contributed by atoms with Gasteiger partial charge in [-0.1, -0.05) is 40.2 Å². The van der Waals surface area contributed by atoms with E-state index in [-0.39, 0.29) is 18.9 Å². The van der Waals surface area contributed by atoms with Gasteiger partial charge >= 0.3 is 5.97 Å². The fraction of sp³-hybridized carbons (Fsp3) is 0.167. The molecule has 0 bridgehead atoms. The number of hydrogen-bond donors (Lipinski definition) is 1. The second-order valence-electron chi connectivity index (χ2n) is 4.98. The fourth-order valence-corrected chi connectivity index (χ4v) is 2.42. The normalized spacial score (nSPS) is 10.0. The maximum Gasteiger partial charge on any atom is 0.325 e. The summed E-state index contributed by atoms with van der Waals surface area (Å²) in [6, 6.07) is 13.4. The second kappa shape index (κ2) is 8.98. The lowest BCUT2D eigenvalue weighted by Crippen LogP contribution is -2.31. The van der Waals surface area contributed by atoms with Crippen molar-refractivity contribution in [2.24, 2.45) is 0 Å². The standard InChI is InChI=1S/C18H16BrNO5/c1-24-16-8-3-2-7-14(16)18(23)20-10-17(22)25-11-15(21)12-5-4-6-13(19)9-12/h2-9H,10-11H2,1H3,(H,20,23). The van der Waals surface area contributed by atoms with E-state index >= 15 is 0 Å². The molecule has 0 heterocycles. The number of amides is 1. The Balaban J connectivity index is 1.82. The molecule has 130 valence electrons. The van der Waals surface area contributed by atoms with Gasteiger partial charge in [0.15, 0.2) is 12.4 Å². The van der Waals surface area contributed by atoms with E-state index in [9.17, 15) is 14.4 Å². The van der Waals surface area contributed by atoms with Crippen LogP contribution in [-0.2, 0) is 9.53 Å². The molecule has 0 aliphatic rings. The molecule has 2 aromatic rings. The summed E-state index contributed by atoms with van der Waals surface area (Å²) in [5.74, 6) is -1.09. The Hall–Kier alpha value is -2.67. The Kier molecular flexibility index (Phi) is 6.71. The maximum atomic E-state index is 12.1. The van der Waals surface area contributed by atoms with Crippen molar-refractivity contribution in [2.45, 2.75) is 0 Å². The van der Waals surface area contributed by atoms with Crippen molar-refractivity contribution in [1.82, 2.24) is 5.32 Å². The van der Waals surface area contributed by atoms with Crippen molar-refractivity contribution >= 4 is 33.6 Å². The van der Waals surface area contributed by atoms with Gasteiger partial charge in [0.05, 0.1) is 12.7 Å². The summed E-state index contributed by atoms with van der Waals surface area (Å²) in [6.45, 7) is -0.734. The van der Waals surface area contributed by atoms with E-state index in [4.69, 9.17) is 9.47 Å². The molecule has 0 aliphatic heterocycles. The predicted octanol–water partition coefficient (Wildman–Crippen LogP) is 2.61. The van der Waals surface area contributed by atoms with E-state index in [0.717, 1.165) is 4.47 Å². The summed E-state index contributed by atoms with van der Waals surface area (Å²) >= 11 is 3.27. The number of halogens is 1. The average molecular weight is 406 g/mol. The van der Waals surface area contributed by atoms with Crippen molar-refractivity contribution in [3.8, 4) is 5.75 Å². The zero-order chi connectivity index (χ0) is 18.2. The van der Waals surface area contributed by atoms with Crippen LogP contribution in [0.2, 0.25) is 0 Å². The molecule has 0 aromatic heterocycles. The van der Waals surface area contributed by atoms with Crippen LogP contribution in [0.1, 0.15) is 20.7 Å². The first kappa shape index (κ1) is 18.7. The Morgan fingerprint density at radius 3 is 2.56 bits per heavy atom. The van der Waals surface area contributed by atoms with Gasteiger partial charge in [-0.05, 0) is 24.3 Å². The lowest BCUT2D eigenvalue weighted by molar-refractivity contribution is -0.141. The zero-order valence-electron chi connectivity index (χ0n) is 13.5. The zero-order valence-corrected chi connectivity index (χ0v) is 15.0. The lowest BCUT2D eigenvalue weighted by Gasteiger charge is -2.09. The van der Waals surface area contributed by atoms with Gasteiger partial charge in [0, 0.05) is 10.0 Å². The highest BCUT2D eigenvalue weighted by Gasteiger charge is 2.14. The van der Waals surface area contributed by atoms with Crippen molar-refractivity contribution in [3.05, 3.63) is 64.1 Å². The monoisotopic (exact) mass is 405 g/mol. The molecule has 0 atom stereocenters. The minimum absolute atomic E-state index is 0.308. The number of para-hydroxylation sites is 1. The van der Waals surface area contributed by atoms with Crippen LogP contribution in [0.25, 0.3) is 0 Å². The first-order chi connectivity index (χ1) is 12.0. The SMILES string of the molecule is COc1ccccc1C(=O)NCC(=O)OCC(=O)c1cccc(Br)c1. The third-order valence-electron chi connectivity index (χ3n) is 3.26. The van der Waals surface area contributed by atoms with Crippen LogP contribution in [-0.4, -0.2) is 37.9 Å². The Morgan fingerprint density at radius 1 is 1.08 bits per heavy atom. The first-order valence-electron chi connectivity index (χ1n) is 7.37. The van der Waals surface area contributed by atoms with Gasteiger partial charge in [0.2, 0.25) is 0 Å². The molecular weight excluding hydrogens is 390 g/mol. The largest absolute Gasteiger partial charge is 0.496 e. The molecule has 0 saturated carbocycles. The third-order valence-corrected chi connectivity index (χ3v) is 3.75. The number of nitrogens with one attached hydrogen (secondary N) is 1. The molecule has 6 nitrogen and oxygen atoms in total. The summed E-state index contributed by atoms with van der Waals surface area (Å²) in [7, 11) is 1.45. The lowest BCUT2D eigenvalue weighted by atomic mass is 10.1. The maximum absolute atomic E-state index is 12.1. The summed E-state index contributed by atoms with van der Waals surface area (Å²) in [5.41, 5.74) is 0.739. The highest BCUT2D eigenvalue weighted by molar-refractivity contribution is 9.10. The third kappa shape index (κ3) is 5.42. The number of ketones is 1. The van der Waals surface area contributed by atoms with Gasteiger partial charge in [-0.2, -0.15) is 0 Å². The topological polar surface area (TPSA) is 81.7 Å². The highest BCUT2D eigenvalue weighted by Crippen LogP contribution is 2.16. The summed E-state index contributed by atoms with van der Waals surface area (Å²) < 4.78 is 10.7. The number of carbonyl (C=O) groups excluding carboxylic acids is 3. The molecule has 25 heavy (non-hydrogen) atoms. The minimum atomic E-state index is -0.702. The van der Waals surface area contributed by atoms with Crippen molar-refractivity contribution in [2.75, 3.05) is 20.3 Å². The number of benzene rings is 2. The number of carbonyl (C=O) groups is 3. The van der Waals surface area contributed by atoms with E-state index in [1.165, 1.54) is 7.11 Å². The van der Waals surface area contributed by atoms with E-state index in [1.54, 1.807) is 48.5 Å². The Labute approximate surface area is 153 Å². The van der Waals surface area contributed by atoms with Crippen LogP contribution in [0.15, 0.2) is 53.0 Å². The molecule has 7 heteroatoms. The van der Waals surface area contributed by atoms with Crippen LogP contribution in [0.5, 0.6) is 5.75 Å². The number of methoxy groups -OCH3 is 1. The highest BCUT2D eigenvalue weighted by atomic mass is 79.9. The number of Topliss-reactive ketones (excluding diaryl/α,β-unsaturated/α-hetero) is 1. The molecule has 0 radical (unpaired) electrons. The van der Waals surface area contributed by atoms with Crippen molar-refractivity contribution in [3.63, 3.8) is 0 Å². The molecule has 1 N–H and O–H groups in total. The van der Waals surface area contributed by atoms with Crippen molar-refractivity contribution < 1.29 is 23.9 Å². The molecule has 0 aliphatic carbocycles. The predicted molar refractivity (Wildman–Crippen MR) is 94.8 cm³/mol. The minimum Gasteiger partial charge on any atom is -0.496 e. The molecule has 0 unspecified atom stereocenters. The Morgan fingerprint density at radius 2 is 1.84 bits per heavy atom. The van der Waals surface area contributed by atoms with E-state index < -0.39 is 11.9 Å². The smallest absolute Gasteiger partial charge is 0.325 e. The van der Waals surface area contributed by atoms with Gasteiger partial charge in [0.25, 0.3) is 5.91 Å². The molecule has 0 saturated heterocycles. The molecule has 0 fully saturated rings. The summed E-state index contributed by atoms with van der Waals surface area (Å²) in [6.07, 6.45) is 0. The number of hydrogen-bond acceptors (Lipinski definition) is 5.